The Morgan fingerprint density at radius 2 is 2.04 bits per heavy atom. The Balaban J connectivity index is 0.00000301. The number of nitrogens with zero attached hydrogens (tertiary/aromatic N) is 2. The zero-order chi connectivity index (χ0) is 19.9. The van der Waals surface area contributed by atoms with Crippen molar-refractivity contribution in [1.82, 2.24) is 9.88 Å². The van der Waals surface area contributed by atoms with Gasteiger partial charge in [-0.2, -0.15) is 0 Å². The fourth-order valence-corrected chi connectivity index (χ4v) is 1.97. The summed E-state index contributed by atoms with van der Waals surface area (Å²) in [4.78, 5) is 6.70. The highest BCUT2D eigenvalue weighted by Gasteiger charge is 2.13. The van der Waals surface area contributed by atoms with Crippen molar-refractivity contribution < 1.29 is 9.47 Å². The lowest BCUT2D eigenvalue weighted by Gasteiger charge is -2.19. The first-order chi connectivity index (χ1) is 12.5. The van der Waals surface area contributed by atoms with E-state index in [2.05, 4.69) is 41.0 Å². The molecule has 0 fully saturated rings. The van der Waals surface area contributed by atoms with Gasteiger partial charge in [-0.15, -0.1) is 0 Å². The van der Waals surface area contributed by atoms with Crippen LogP contribution in [0.4, 0.5) is 5.69 Å². The van der Waals surface area contributed by atoms with Crippen LogP contribution in [0.5, 0.6) is 5.88 Å². The lowest BCUT2D eigenvalue weighted by molar-refractivity contribution is 0.0566. The third-order valence-corrected chi connectivity index (χ3v) is 3.48. The Hall–Kier alpha value is -1.97. The number of aryl methyl sites for hydroxylation is 1. The molecule has 0 bridgehead atoms. The molecule has 1 aromatic heterocycles. The van der Waals surface area contributed by atoms with Crippen molar-refractivity contribution in [2.75, 3.05) is 38.8 Å². The van der Waals surface area contributed by atoms with E-state index in [1.165, 1.54) is 0 Å². The zero-order valence-corrected chi connectivity index (χ0v) is 17.5. The van der Waals surface area contributed by atoms with Crippen molar-refractivity contribution in [2.45, 2.75) is 54.1 Å². The zero-order valence-electron chi connectivity index (χ0n) is 17.5. The molecular formula is C20H36N4O2. The van der Waals surface area contributed by atoms with Gasteiger partial charge in [0.25, 0.3) is 0 Å². The summed E-state index contributed by atoms with van der Waals surface area (Å²) in [5.74, 6) is 3.36. The van der Waals surface area contributed by atoms with E-state index >= 15 is 0 Å². The first-order valence-corrected chi connectivity index (χ1v) is 9.41. The number of ether oxygens (including phenoxy) is 2. The molecule has 6 nitrogen and oxygen atoms in total. The standard InChI is InChI=1S/C18H30N4O2.C2H6/c1-6-10-23-12-14(3)24-18-16(8-9-19)11-17(15(4)21-18)20-13-22(5)7-2;1-2/h11,14,20H,6-7,10,12-13,19H2,1-5H3;1-2H3. The monoisotopic (exact) mass is 364 g/mol. The van der Waals surface area contributed by atoms with Crippen molar-refractivity contribution in [2.24, 2.45) is 5.73 Å². The molecule has 148 valence electrons. The van der Waals surface area contributed by atoms with Crippen molar-refractivity contribution in [3.63, 3.8) is 0 Å². The maximum atomic E-state index is 5.89. The molecule has 0 saturated heterocycles. The molecule has 26 heavy (non-hydrogen) atoms. The first-order valence-electron chi connectivity index (χ1n) is 9.41. The summed E-state index contributed by atoms with van der Waals surface area (Å²) in [6, 6.07) is 4.36. The minimum absolute atomic E-state index is 0.105. The van der Waals surface area contributed by atoms with Crippen LogP contribution in [-0.4, -0.2) is 49.5 Å². The van der Waals surface area contributed by atoms with Crippen LogP contribution in [0.15, 0.2) is 6.07 Å². The van der Waals surface area contributed by atoms with Crippen LogP contribution in [0.1, 0.15) is 52.3 Å². The summed E-state index contributed by atoms with van der Waals surface area (Å²) in [5, 5.41) is 3.36. The quantitative estimate of drug-likeness (QED) is 0.287. The van der Waals surface area contributed by atoms with Crippen LogP contribution >= 0.6 is 0 Å². The molecule has 0 aromatic carbocycles. The van der Waals surface area contributed by atoms with Gasteiger partial charge in [-0.1, -0.05) is 27.7 Å². The summed E-state index contributed by atoms with van der Waals surface area (Å²) in [6.07, 6.45) is 0.882. The molecule has 6 heteroatoms. The van der Waals surface area contributed by atoms with Gasteiger partial charge in [0.2, 0.25) is 5.88 Å². The van der Waals surface area contributed by atoms with Gasteiger partial charge in [0.05, 0.1) is 30.2 Å². The van der Waals surface area contributed by atoms with E-state index in [9.17, 15) is 0 Å². The predicted molar refractivity (Wildman–Crippen MR) is 109 cm³/mol. The third-order valence-electron chi connectivity index (χ3n) is 3.48. The summed E-state index contributed by atoms with van der Waals surface area (Å²) in [7, 11) is 2.05. The van der Waals surface area contributed by atoms with E-state index in [-0.39, 0.29) is 6.10 Å². The van der Waals surface area contributed by atoms with Crippen LogP contribution in [-0.2, 0) is 4.74 Å². The van der Waals surface area contributed by atoms with Crippen LogP contribution in [0.3, 0.4) is 0 Å². The minimum atomic E-state index is -0.105. The molecule has 0 saturated carbocycles. The molecule has 0 aliphatic carbocycles. The maximum absolute atomic E-state index is 5.89. The average molecular weight is 365 g/mol. The van der Waals surface area contributed by atoms with Crippen molar-refractivity contribution >= 4 is 5.69 Å². The van der Waals surface area contributed by atoms with Gasteiger partial charge in [0.1, 0.15) is 6.10 Å². The summed E-state index contributed by atoms with van der Waals surface area (Å²) in [5.41, 5.74) is 7.85. The lowest BCUT2D eigenvalue weighted by atomic mass is 10.2. The Morgan fingerprint density at radius 3 is 2.62 bits per heavy atom. The fraction of sp³-hybridized carbons (Fsp3) is 0.650. The highest BCUT2D eigenvalue weighted by atomic mass is 16.5. The van der Waals surface area contributed by atoms with E-state index in [4.69, 9.17) is 15.2 Å². The van der Waals surface area contributed by atoms with E-state index in [0.717, 1.165) is 37.6 Å². The molecule has 0 aliphatic heterocycles. The molecule has 0 radical (unpaired) electrons. The van der Waals surface area contributed by atoms with Gasteiger partial charge in [0.15, 0.2) is 0 Å². The molecular weight excluding hydrogens is 328 g/mol. The lowest BCUT2D eigenvalue weighted by Crippen LogP contribution is -2.25. The van der Waals surface area contributed by atoms with Crippen LogP contribution in [0, 0.1) is 18.9 Å². The van der Waals surface area contributed by atoms with Gasteiger partial charge < -0.3 is 20.5 Å². The predicted octanol–water partition coefficient (Wildman–Crippen LogP) is 3.20. The van der Waals surface area contributed by atoms with Gasteiger partial charge in [-0.3, -0.25) is 4.90 Å². The fourth-order valence-electron chi connectivity index (χ4n) is 1.97. The number of anilines is 1. The van der Waals surface area contributed by atoms with Crippen LogP contribution in [0.2, 0.25) is 0 Å². The number of hydrogen-bond donors (Lipinski definition) is 2. The Bertz CT molecular complexity index is 567. The van der Waals surface area contributed by atoms with Gasteiger partial charge >= 0.3 is 0 Å². The summed E-state index contributed by atoms with van der Waals surface area (Å²) in [6.45, 7) is 15.0. The first kappa shape index (κ1) is 24.0. The number of pyridine rings is 1. The average Bonchev–Trinajstić information content (AvgIpc) is 2.64. The molecule has 0 aliphatic rings. The van der Waals surface area contributed by atoms with E-state index in [1.54, 1.807) is 0 Å². The number of hydrogen-bond acceptors (Lipinski definition) is 6. The van der Waals surface area contributed by atoms with Gasteiger partial charge in [0, 0.05) is 12.7 Å². The van der Waals surface area contributed by atoms with Crippen molar-refractivity contribution in [3.05, 3.63) is 17.3 Å². The maximum Gasteiger partial charge on any atom is 0.230 e. The number of nitrogens with two attached hydrogens (primary N) is 1. The largest absolute Gasteiger partial charge is 0.471 e. The molecule has 1 rings (SSSR count). The minimum Gasteiger partial charge on any atom is -0.471 e. The normalized spacial score (nSPS) is 11.1. The SMILES string of the molecule is CC.CCCOCC(C)Oc1nc(C)c(NCN(C)CC)cc1C#CN. The third kappa shape index (κ3) is 8.93. The smallest absolute Gasteiger partial charge is 0.230 e. The second-order valence-electron chi connectivity index (χ2n) is 5.75. The summed E-state index contributed by atoms with van der Waals surface area (Å²) < 4.78 is 11.4. The number of aromatic nitrogens is 1. The Kier molecular flexibility index (Phi) is 13.1. The molecule has 3 N–H and O–H groups in total. The molecule has 1 unspecified atom stereocenters. The van der Waals surface area contributed by atoms with Gasteiger partial charge in [-0.25, -0.2) is 4.98 Å². The van der Waals surface area contributed by atoms with E-state index < -0.39 is 0 Å². The summed E-state index contributed by atoms with van der Waals surface area (Å²) >= 11 is 0. The number of rotatable bonds is 10. The topological polar surface area (TPSA) is 72.6 Å². The van der Waals surface area contributed by atoms with Crippen molar-refractivity contribution in [3.8, 4) is 17.8 Å². The molecule has 1 heterocycles. The molecule has 0 amide bonds. The second kappa shape index (κ2) is 14.2. The molecule has 1 atom stereocenters. The Morgan fingerprint density at radius 1 is 1.35 bits per heavy atom. The molecule has 0 spiro atoms. The second-order valence-corrected chi connectivity index (χ2v) is 5.75. The van der Waals surface area contributed by atoms with Crippen LogP contribution < -0.4 is 15.8 Å². The molecule has 1 aromatic rings. The van der Waals surface area contributed by atoms with Crippen molar-refractivity contribution in [1.29, 1.82) is 0 Å². The Labute approximate surface area is 159 Å². The highest BCUT2D eigenvalue weighted by molar-refractivity contribution is 5.56. The highest BCUT2D eigenvalue weighted by Crippen LogP contribution is 2.23. The number of nitrogens with one attached hydrogen (secondary N) is 1. The van der Waals surface area contributed by atoms with E-state index in [1.807, 2.05) is 40.8 Å². The van der Waals surface area contributed by atoms with E-state index in [0.29, 0.717) is 18.1 Å². The van der Waals surface area contributed by atoms with Crippen LogP contribution in [0.25, 0.3) is 0 Å². The van der Waals surface area contributed by atoms with Gasteiger partial charge in [-0.05, 0) is 45.8 Å².